The van der Waals surface area contributed by atoms with Gasteiger partial charge >= 0.3 is 0 Å². The van der Waals surface area contributed by atoms with Crippen LogP contribution in [0.25, 0.3) is 0 Å². The van der Waals surface area contributed by atoms with Crippen LogP contribution in [-0.2, 0) is 11.3 Å². The minimum atomic E-state index is 0.107. The van der Waals surface area contributed by atoms with Gasteiger partial charge in [-0.15, -0.1) is 0 Å². The molecule has 2 fully saturated rings. The number of amides is 1. The van der Waals surface area contributed by atoms with E-state index < -0.39 is 0 Å². The number of aryl methyl sites for hydroxylation is 1. The smallest absolute Gasteiger partial charge is 0.223 e. The maximum atomic E-state index is 12.6. The van der Waals surface area contributed by atoms with Crippen molar-refractivity contribution in [1.29, 1.82) is 0 Å². The first-order valence-electron chi connectivity index (χ1n) is 9.21. The van der Waals surface area contributed by atoms with Crippen LogP contribution in [0.15, 0.2) is 36.4 Å². The molecule has 2 saturated heterocycles. The van der Waals surface area contributed by atoms with Crippen LogP contribution in [0.3, 0.4) is 0 Å². The van der Waals surface area contributed by atoms with Crippen LogP contribution in [0.2, 0.25) is 0 Å². The summed E-state index contributed by atoms with van der Waals surface area (Å²) in [5.41, 5.74) is 7.98. The fourth-order valence-electron chi connectivity index (χ4n) is 4.21. The number of likely N-dealkylation sites (tertiary alicyclic amines) is 1. The van der Waals surface area contributed by atoms with Gasteiger partial charge in [-0.3, -0.25) is 4.79 Å². The van der Waals surface area contributed by atoms with E-state index in [1.165, 1.54) is 5.56 Å². The molecule has 6 heteroatoms. The number of anilines is 2. The van der Waals surface area contributed by atoms with Crippen LogP contribution >= 0.6 is 0 Å². The molecule has 2 aromatic rings. The van der Waals surface area contributed by atoms with Crippen molar-refractivity contribution >= 4 is 17.7 Å². The number of rotatable bonds is 3. The molecule has 4 rings (SSSR count). The lowest BCUT2D eigenvalue weighted by atomic mass is 9.77. The highest BCUT2D eigenvalue weighted by molar-refractivity contribution is 5.79. The van der Waals surface area contributed by atoms with Gasteiger partial charge in [-0.05, 0) is 25.3 Å². The summed E-state index contributed by atoms with van der Waals surface area (Å²) in [6.07, 6.45) is 2.68. The van der Waals surface area contributed by atoms with E-state index in [0.29, 0.717) is 18.9 Å². The molecule has 136 valence electrons. The Morgan fingerprint density at radius 3 is 2.58 bits per heavy atom. The molecule has 0 radical (unpaired) electrons. The Kier molecular flexibility index (Phi) is 4.26. The lowest BCUT2D eigenvalue weighted by molar-refractivity contribution is -0.128. The Bertz CT molecular complexity index is 779. The molecule has 2 N–H and O–H groups in total. The van der Waals surface area contributed by atoms with Gasteiger partial charge in [0.25, 0.3) is 0 Å². The molecule has 1 aromatic carbocycles. The zero-order valence-electron chi connectivity index (χ0n) is 15.2. The zero-order chi connectivity index (χ0) is 18.1. The van der Waals surface area contributed by atoms with Gasteiger partial charge in [-0.1, -0.05) is 30.3 Å². The first-order chi connectivity index (χ1) is 12.5. The van der Waals surface area contributed by atoms with E-state index >= 15 is 0 Å². The monoisotopic (exact) mass is 351 g/mol. The number of hydrogen-bond donors (Lipinski definition) is 1. The molecular formula is C20H25N5O. The predicted octanol–water partition coefficient (Wildman–Crippen LogP) is 2.39. The van der Waals surface area contributed by atoms with Crippen LogP contribution in [0, 0.1) is 12.3 Å². The molecule has 6 nitrogen and oxygen atoms in total. The van der Waals surface area contributed by atoms with Gasteiger partial charge in [0, 0.05) is 49.8 Å². The molecular weight excluding hydrogens is 326 g/mol. The van der Waals surface area contributed by atoms with Crippen molar-refractivity contribution in [3.63, 3.8) is 0 Å². The number of nitrogen functional groups attached to an aromatic ring is 1. The van der Waals surface area contributed by atoms with E-state index in [2.05, 4.69) is 27.0 Å². The van der Waals surface area contributed by atoms with Crippen molar-refractivity contribution in [3.8, 4) is 0 Å². The highest BCUT2D eigenvalue weighted by Gasteiger charge is 2.44. The minimum absolute atomic E-state index is 0.107. The Morgan fingerprint density at radius 1 is 1.15 bits per heavy atom. The fraction of sp³-hybridized carbons (Fsp3) is 0.450. The number of piperidine rings is 1. The van der Waals surface area contributed by atoms with Gasteiger partial charge in [0.2, 0.25) is 11.9 Å². The Balaban J connectivity index is 1.41. The van der Waals surface area contributed by atoms with Gasteiger partial charge in [0.05, 0.1) is 0 Å². The summed E-state index contributed by atoms with van der Waals surface area (Å²) in [5, 5.41) is 0. The number of benzene rings is 1. The highest BCUT2D eigenvalue weighted by Crippen LogP contribution is 2.42. The molecule has 0 unspecified atom stereocenters. The van der Waals surface area contributed by atoms with E-state index in [4.69, 9.17) is 5.73 Å². The zero-order valence-corrected chi connectivity index (χ0v) is 15.2. The van der Waals surface area contributed by atoms with Crippen LogP contribution in [0.4, 0.5) is 11.8 Å². The molecule has 1 aromatic heterocycles. The molecule has 1 amide bonds. The SMILES string of the molecule is Cc1cc(N2CCC3(CC2)CC(=O)N(Cc2ccccc2)C3)nc(N)n1. The Labute approximate surface area is 154 Å². The lowest BCUT2D eigenvalue weighted by Crippen LogP contribution is -2.42. The molecule has 1 spiro atoms. The van der Waals surface area contributed by atoms with Gasteiger partial charge < -0.3 is 15.5 Å². The van der Waals surface area contributed by atoms with Gasteiger partial charge in [0.15, 0.2) is 0 Å². The molecule has 0 aliphatic carbocycles. The van der Waals surface area contributed by atoms with Crippen LogP contribution in [-0.4, -0.2) is 40.4 Å². The second-order valence-electron chi connectivity index (χ2n) is 7.62. The average molecular weight is 351 g/mol. The second kappa shape index (κ2) is 6.59. The number of carbonyl (C=O) groups excluding carboxylic acids is 1. The van der Waals surface area contributed by atoms with Crippen LogP contribution in [0.5, 0.6) is 0 Å². The van der Waals surface area contributed by atoms with Crippen molar-refractivity contribution in [2.45, 2.75) is 32.7 Å². The minimum Gasteiger partial charge on any atom is -0.368 e. The third-order valence-electron chi connectivity index (χ3n) is 5.63. The van der Waals surface area contributed by atoms with E-state index in [1.54, 1.807) is 0 Å². The lowest BCUT2D eigenvalue weighted by Gasteiger charge is -2.39. The summed E-state index contributed by atoms with van der Waals surface area (Å²) in [7, 11) is 0. The third kappa shape index (κ3) is 3.36. The maximum Gasteiger partial charge on any atom is 0.223 e. The number of carbonyl (C=O) groups is 1. The summed E-state index contributed by atoms with van der Waals surface area (Å²) in [4.78, 5) is 25.4. The van der Waals surface area contributed by atoms with Crippen LogP contribution in [0.1, 0.15) is 30.5 Å². The van der Waals surface area contributed by atoms with E-state index in [-0.39, 0.29) is 11.3 Å². The molecule has 2 aliphatic rings. The normalized spacial score (nSPS) is 19.3. The number of hydrogen-bond acceptors (Lipinski definition) is 5. The first kappa shape index (κ1) is 16.8. The van der Waals surface area contributed by atoms with E-state index in [1.807, 2.05) is 36.1 Å². The number of nitrogens with two attached hydrogens (primary N) is 1. The molecule has 0 bridgehead atoms. The van der Waals surface area contributed by atoms with Gasteiger partial charge in [0.1, 0.15) is 5.82 Å². The Morgan fingerprint density at radius 2 is 1.88 bits per heavy atom. The van der Waals surface area contributed by atoms with Gasteiger partial charge in [-0.2, -0.15) is 4.98 Å². The summed E-state index contributed by atoms with van der Waals surface area (Å²) in [5.74, 6) is 1.50. The molecule has 0 saturated carbocycles. The topological polar surface area (TPSA) is 75.4 Å². The predicted molar refractivity (Wildman–Crippen MR) is 102 cm³/mol. The fourth-order valence-corrected chi connectivity index (χ4v) is 4.21. The second-order valence-corrected chi connectivity index (χ2v) is 7.62. The van der Waals surface area contributed by atoms with E-state index in [0.717, 1.165) is 44.0 Å². The van der Waals surface area contributed by atoms with Crippen molar-refractivity contribution in [3.05, 3.63) is 47.7 Å². The quantitative estimate of drug-likeness (QED) is 0.919. The molecule has 3 heterocycles. The van der Waals surface area contributed by atoms with Gasteiger partial charge in [-0.25, -0.2) is 4.98 Å². The molecule has 2 aliphatic heterocycles. The number of aromatic nitrogens is 2. The third-order valence-corrected chi connectivity index (χ3v) is 5.63. The standard InChI is InChI=1S/C20H25N5O/c1-15-11-17(23-19(21)22-15)24-9-7-20(8-10-24)12-18(26)25(14-20)13-16-5-3-2-4-6-16/h2-6,11H,7-10,12-14H2,1H3,(H2,21,22,23). The van der Waals surface area contributed by atoms with Crippen molar-refractivity contribution in [2.75, 3.05) is 30.3 Å². The number of nitrogens with zero attached hydrogens (tertiary/aromatic N) is 4. The summed E-state index contributed by atoms with van der Waals surface area (Å²) >= 11 is 0. The summed E-state index contributed by atoms with van der Waals surface area (Å²) in [6, 6.07) is 12.2. The average Bonchev–Trinajstić information content (AvgIpc) is 2.90. The molecule has 26 heavy (non-hydrogen) atoms. The van der Waals surface area contributed by atoms with E-state index in [9.17, 15) is 4.79 Å². The first-order valence-corrected chi connectivity index (χ1v) is 9.21. The molecule has 0 atom stereocenters. The van der Waals surface area contributed by atoms with Crippen molar-refractivity contribution in [2.24, 2.45) is 5.41 Å². The maximum absolute atomic E-state index is 12.6. The highest BCUT2D eigenvalue weighted by atomic mass is 16.2. The largest absolute Gasteiger partial charge is 0.368 e. The van der Waals surface area contributed by atoms with Crippen molar-refractivity contribution < 1.29 is 4.79 Å². The van der Waals surface area contributed by atoms with Crippen molar-refractivity contribution in [1.82, 2.24) is 14.9 Å². The van der Waals surface area contributed by atoms with Crippen LogP contribution < -0.4 is 10.6 Å². The summed E-state index contributed by atoms with van der Waals surface area (Å²) in [6.45, 7) is 5.32. The summed E-state index contributed by atoms with van der Waals surface area (Å²) < 4.78 is 0. The Hall–Kier alpha value is -2.63.